The summed E-state index contributed by atoms with van der Waals surface area (Å²) in [6.45, 7) is 3.02. The fraction of sp³-hybridized carbons (Fsp3) is 0.357. The van der Waals surface area contributed by atoms with Crippen LogP contribution in [0.5, 0.6) is 0 Å². The van der Waals surface area contributed by atoms with Gasteiger partial charge in [0.05, 0.1) is 6.54 Å². The van der Waals surface area contributed by atoms with Crippen molar-refractivity contribution in [1.82, 2.24) is 15.5 Å². The van der Waals surface area contributed by atoms with Crippen LogP contribution in [0.1, 0.15) is 23.9 Å². The highest BCUT2D eigenvalue weighted by molar-refractivity contribution is 7.15. The molecule has 0 aliphatic carbocycles. The van der Waals surface area contributed by atoms with E-state index in [-0.39, 0.29) is 12.5 Å². The molecule has 0 saturated carbocycles. The molecule has 2 aromatic rings. The van der Waals surface area contributed by atoms with E-state index in [1.165, 1.54) is 11.3 Å². The van der Waals surface area contributed by atoms with E-state index in [9.17, 15) is 4.79 Å². The van der Waals surface area contributed by atoms with Crippen molar-refractivity contribution in [3.05, 3.63) is 40.9 Å². The Morgan fingerprint density at radius 3 is 2.80 bits per heavy atom. The van der Waals surface area contributed by atoms with Gasteiger partial charge in [0.2, 0.25) is 11.0 Å². The van der Waals surface area contributed by atoms with Gasteiger partial charge in [0.25, 0.3) is 0 Å². The molecule has 0 atom stereocenters. The monoisotopic (exact) mass is 290 g/mol. The molecule has 2 rings (SSSR count). The molecule has 0 bridgehead atoms. The Morgan fingerprint density at radius 1 is 1.25 bits per heavy atom. The number of nitrogens with one attached hydrogen (secondary N) is 2. The van der Waals surface area contributed by atoms with Crippen LogP contribution in [-0.4, -0.2) is 22.6 Å². The first kappa shape index (κ1) is 14.6. The largest absolute Gasteiger partial charge is 0.304 e. The molecule has 0 aliphatic heterocycles. The predicted octanol–water partition coefficient (Wildman–Crippen LogP) is 2.22. The van der Waals surface area contributed by atoms with Gasteiger partial charge in [0.1, 0.15) is 5.01 Å². The van der Waals surface area contributed by atoms with Gasteiger partial charge in [0.15, 0.2) is 0 Å². The Bertz CT molecular complexity index is 541. The lowest BCUT2D eigenvalue weighted by molar-refractivity contribution is -0.115. The lowest BCUT2D eigenvalue weighted by Crippen LogP contribution is -2.27. The third-order valence-electron chi connectivity index (χ3n) is 2.63. The minimum atomic E-state index is -0.0971. The Labute approximate surface area is 122 Å². The molecule has 5 nitrogen and oxygen atoms in total. The number of benzene rings is 1. The second-order valence-corrected chi connectivity index (χ2v) is 5.45. The smallest absolute Gasteiger partial charge is 0.240 e. The van der Waals surface area contributed by atoms with E-state index in [1.54, 1.807) is 0 Å². The third kappa shape index (κ3) is 4.71. The van der Waals surface area contributed by atoms with E-state index in [0.717, 1.165) is 23.4 Å². The second kappa shape index (κ2) is 7.72. The molecule has 0 fully saturated rings. The number of aryl methyl sites for hydroxylation is 1. The molecular weight excluding hydrogens is 272 g/mol. The van der Waals surface area contributed by atoms with Crippen molar-refractivity contribution in [3.63, 3.8) is 0 Å². The summed E-state index contributed by atoms with van der Waals surface area (Å²) in [5, 5.41) is 15.3. The zero-order valence-corrected chi connectivity index (χ0v) is 12.2. The molecule has 1 heterocycles. The molecule has 1 aromatic carbocycles. The number of anilines is 1. The van der Waals surface area contributed by atoms with Gasteiger partial charge in [-0.25, -0.2) is 0 Å². The minimum Gasteiger partial charge on any atom is -0.304 e. The molecule has 6 heteroatoms. The molecule has 0 aliphatic rings. The fourth-order valence-corrected chi connectivity index (χ4v) is 2.56. The summed E-state index contributed by atoms with van der Waals surface area (Å²) in [5.74, 6) is -0.0971. The third-order valence-corrected chi connectivity index (χ3v) is 3.53. The summed E-state index contributed by atoms with van der Waals surface area (Å²) in [4.78, 5) is 11.7. The quantitative estimate of drug-likeness (QED) is 0.820. The van der Waals surface area contributed by atoms with E-state index in [2.05, 4.69) is 27.8 Å². The number of amides is 1. The molecule has 0 radical (unpaired) electrons. The average Bonchev–Trinajstić information content (AvgIpc) is 2.88. The summed E-state index contributed by atoms with van der Waals surface area (Å²) in [5.41, 5.74) is 1.15. The zero-order chi connectivity index (χ0) is 14.2. The standard InChI is InChI=1S/C14H18N4OS/c1-2-6-13-17-18-14(20-13)16-12(19)10-15-9-11-7-4-3-5-8-11/h3-5,7-8,15H,2,6,9-10H2,1H3,(H,16,18,19). The normalized spacial score (nSPS) is 10.4. The summed E-state index contributed by atoms with van der Waals surface area (Å²) in [6.07, 6.45) is 1.93. The minimum absolute atomic E-state index is 0.0971. The van der Waals surface area contributed by atoms with Crippen LogP contribution in [0.3, 0.4) is 0 Å². The first-order valence-corrected chi connectivity index (χ1v) is 7.46. The number of carbonyl (C=O) groups is 1. The first-order valence-electron chi connectivity index (χ1n) is 6.65. The maximum atomic E-state index is 11.7. The molecule has 0 unspecified atom stereocenters. The van der Waals surface area contributed by atoms with Gasteiger partial charge in [-0.1, -0.05) is 48.6 Å². The van der Waals surface area contributed by atoms with E-state index in [1.807, 2.05) is 30.3 Å². The van der Waals surface area contributed by atoms with Gasteiger partial charge in [0, 0.05) is 13.0 Å². The highest BCUT2D eigenvalue weighted by Gasteiger charge is 2.07. The van der Waals surface area contributed by atoms with Crippen LogP contribution in [0.2, 0.25) is 0 Å². The maximum Gasteiger partial charge on any atom is 0.240 e. The van der Waals surface area contributed by atoms with Crippen LogP contribution < -0.4 is 10.6 Å². The Morgan fingerprint density at radius 2 is 2.05 bits per heavy atom. The number of aromatic nitrogens is 2. The van der Waals surface area contributed by atoms with Crippen LogP contribution >= 0.6 is 11.3 Å². The SMILES string of the molecule is CCCc1nnc(NC(=O)CNCc2ccccc2)s1. The highest BCUT2D eigenvalue weighted by atomic mass is 32.1. The molecule has 20 heavy (non-hydrogen) atoms. The van der Waals surface area contributed by atoms with Crippen LogP contribution in [0.15, 0.2) is 30.3 Å². The number of hydrogen-bond acceptors (Lipinski definition) is 5. The van der Waals surface area contributed by atoms with Gasteiger partial charge < -0.3 is 5.32 Å². The lowest BCUT2D eigenvalue weighted by Gasteiger charge is -2.04. The van der Waals surface area contributed by atoms with Gasteiger partial charge >= 0.3 is 0 Å². The molecule has 1 aromatic heterocycles. The topological polar surface area (TPSA) is 66.9 Å². The second-order valence-electron chi connectivity index (χ2n) is 4.39. The van der Waals surface area contributed by atoms with E-state index in [0.29, 0.717) is 11.7 Å². The van der Waals surface area contributed by atoms with E-state index in [4.69, 9.17) is 0 Å². The molecular formula is C14H18N4OS. The van der Waals surface area contributed by atoms with E-state index >= 15 is 0 Å². The summed E-state index contributed by atoms with van der Waals surface area (Å²) in [7, 11) is 0. The molecule has 0 saturated heterocycles. The first-order chi connectivity index (χ1) is 9.78. The molecule has 1 amide bonds. The molecule has 0 spiro atoms. The zero-order valence-electron chi connectivity index (χ0n) is 11.4. The summed E-state index contributed by atoms with van der Waals surface area (Å²) in [6, 6.07) is 9.97. The van der Waals surface area contributed by atoms with Gasteiger partial charge in [-0.2, -0.15) is 0 Å². The van der Waals surface area contributed by atoms with Crippen LogP contribution in [-0.2, 0) is 17.8 Å². The van der Waals surface area contributed by atoms with Gasteiger partial charge in [-0.15, -0.1) is 10.2 Å². The highest BCUT2D eigenvalue weighted by Crippen LogP contribution is 2.16. The van der Waals surface area contributed by atoms with Crippen LogP contribution in [0.25, 0.3) is 0 Å². The summed E-state index contributed by atoms with van der Waals surface area (Å²) >= 11 is 1.43. The van der Waals surface area contributed by atoms with Crippen molar-refractivity contribution in [3.8, 4) is 0 Å². The van der Waals surface area contributed by atoms with Crippen molar-refractivity contribution in [1.29, 1.82) is 0 Å². The molecule has 106 valence electrons. The van der Waals surface area contributed by atoms with Gasteiger partial charge in [-0.3, -0.25) is 10.1 Å². The lowest BCUT2D eigenvalue weighted by atomic mass is 10.2. The number of nitrogens with zero attached hydrogens (tertiary/aromatic N) is 2. The fourth-order valence-electron chi connectivity index (χ4n) is 1.70. The van der Waals surface area contributed by atoms with Crippen molar-refractivity contribution in [2.75, 3.05) is 11.9 Å². The number of carbonyl (C=O) groups excluding carboxylic acids is 1. The van der Waals surface area contributed by atoms with Crippen molar-refractivity contribution >= 4 is 22.4 Å². The predicted molar refractivity (Wildman–Crippen MR) is 80.7 cm³/mol. The number of rotatable bonds is 7. The Kier molecular flexibility index (Phi) is 5.64. The van der Waals surface area contributed by atoms with Crippen LogP contribution in [0, 0.1) is 0 Å². The maximum absolute atomic E-state index is 11.7. The summed E-state index contributed by atoms with van der Waals surface area (Å²) < 4.78 is 0. The van der Waals surface area contributed by atoms with Crippen molar-refractivity contribution in [2.24, 2.45) is 0 Å². The van der Waals surface area contributed by atoms with Crippen molar-refractivity contribution < 1.29 is 4.79 Å². The van der Waals surface area contributed by atoms with E-state index < -0.39 is 0 Å². The number of hydrogen-bond donors (Lipinski definition) is 2. The van der Waals surface area contributed by atoms with Crippen LogP contribution in [0.4, 0.5) is 5.13 Å². The average molecular weight is 290 g/mol. The molecule has 2 N–H and O–H groups in total. The van der Waals surface area contributed by atoms with Crippen molar-refractivity contribution in [2.45, 2.75) is 26.3 Å². The Hall–Kier alpha value is -1.79. The van der Waals surface area contributed by atoms with Gasteiger partial charge in [-0.05, 0) is 12.0 Å². The Balaban J connectivity index is 1.72.